The molecule has 128 valence electrons. The first kappa shape index (κ1) is 17.9. The van der Waals surface area contributed by atoms with E-state index in [0.29, 0.717) is 22.8 Å². The Hall–Kier alpha value is -2.48. The van der Waals surface area contributed by atoms with Crippen LogP contribution in [0.4, 0.5) is 0 Å². The van der Waals surface area contributed by atoms with Gasteiger partial charge in [-0.15, -0.1) is 10.2 Å². The number of nitrogens with one attached hydrogen (secondary N) is 1. The van der Waals surface area contributed by atoms with Gasteiger partial charge in [-0.1, -0.05) is 31.9 Å². The molecule has 0 spiro atoms. The summed E-state index contributed by atoms with van der Waals surface area (Å²) in [6.07, 6.45) is 0.638. The molecule has 9 heteroatoms. The zero-order valence-corrected chi connectivity index (χ0v) is 14.1. The van der Waals surface area contributed by atoms with E-state index in [1.807, 2.05) is 6.92 Å². The fraction of sp³-hybridized carbons (Fsp3) is 0.400. The maximum atomic E-state index is 12.0. The Bertz CT molecular complexity index is 716. The highest BCUT2D eigenvalue weighted by Gasteiger charge is 2.25. The Morgan fingerprint density at radius 1 is 1.33 bits per heavy atom. The van der Waals surface area contributed by atoms with Gasteiger partial charge in [0.15, 0.2) is 0 Å². The van der Waals surface area contributed by atoms with Crippen molar-refractivity contribution in [3.05, 3.63) is 29.3 Å². The zero-order chi connectivity index (χ0) is 17.7. The lowest BCUT2D eigenvalue weighted by Gasteiger charge is -2.19. The Balaban J connectivity index is 2.02. The van der Waals surface area contributed by atoms with Crippen LogP contribution >= 0.6 is 11.6 Å². The van der Waals surface area contributed by atoms with Crippen LogP contribution in [0.25, 0.3) is 11.4 Å². The molecule has 2 aromatic rings. The van der Waals surface area contributed by atoms with Gasteiger partial charge in [-0.25, -0.2) is 4.79 Å². The highest BCUT2D eigenvalue weighted by atomic mass is 35.5. The molecule has 2 N–H and O–H groups in total. The van der Waals surface area contributed by atoms with Crippen molar-refractivity contribution in [3.8, 4) is 11.4 Å². The maximum Gasteiger partial charge on any atom is 0.326 e. The van der Waals surface area contributed by atoms with E-state index in [-0.39, 0.29) is 12.5 Å². The van der Waals surface area contributed by atoms with Crippen molar-refractivity contribution in [3.63, 3.8) is 0 Å². The normalized spacial score (nSPS) is 13.3. The SMILES string of the molecule is CC[C@H](C)[C@H](NC(=O)Cn1nnc(-c2ccc(Cl)cc2)n1)C(=O)O. The van der Waals surface area contributed by atoms with Crippen LogP contribution in [0.2, 0.25) is 5.02 Å². The van der Waals surface area contributed by atoms with Gasteiger partial charge in [0.05, 0.1) is 0 Å². The molecule has 8 nitrogen and oxygen atoms in total. The van der Waals surface area contributed by atoms with Crippen LogP contribution in [0.15, 0.2) is 24.3 Å². The number of nitrogens with zero attached hydrogens (tertiary/aromatic N) is 4. The molecule has 1 heterocycles. The largest absolute Gasteiger partial charge is 0.480 e. The summed E-state index contributed by atoms with van der Waals surface area (Å²) in [6.45, 7) is 3.43. The fourth-order valence-corrected chi connectivity index (χ4v) is 2.18. The average molecular weight is 352 g/mol. The summed E-state index contributed by atoms with van der Waals surface area (Å²) >= 11 is 5.82. The van der Waals surface area contributed by atoms with Crippen LogP contribution in [0.3, 0.4) is 0 Å². The van der Waals surface area contributed by atoms with Gasteiger partial charge in [-0.05, 0) is 35.4 Å². The van der Waals surface area contributed by atoms with Crippen molar-refractivity contribution in [2.24, 2.45) is 5.92 Å². The third kappa shape index (κ3) is 4.51. The summed E-state index contributed by atoms with van der Waals surface area (Å²) in [4.78, 5) is 24.4. The predicted octanol–water partition coefficient (Wildman–Crippen LogP) is 1.61. The molecule has 24 heavy (non-hydrogen) atoms. The van der Waals surface area contributed by atoms with Crippen molar-refractivity contribution < 1.29 is 14.7 Å². The second kappa shape index (κ2) is 7.87. The van der Waals surface area contributed by atoms with E-state index < -0.39 is 17.9 Å². The van der Waals surface area contributed by atoms with Crippen LogP contribution in [-0.2, 0) is 16.1 Å². The van der Waals surface area contributed by atoms with E-state index in [2.05, 4.69) is 20.7 Å². The summed E-state index contributed by atoms with van der Waals surface area (Å²) in [5.41, 5.74) is 0.717. The van der Waals surface area contributed by atoms with Gasteiger partial charge in [0.1, 0.15) is 12.6 Å². The molecule has 1 aromatic heterocycles. The number of halogens is 1. The number of hydrogen-bond donors (Lipinski definition) is 2. The topological polar surface area (TPSA) is 110 Å². The minimum atomic E-state index is -1.06. The van der Waals surface area contributed by atoms with Gasteiger partial charge in [0.25, 0.3) is 0 Å². The smallest absolute Gasteiger partial charge is 0.326 e. The second-order valence-corrected chi connectivity index (χ2v) is 5.86. The summed E-state index contributed by atoms with van der Waals surface area (Å²) in [6, 6.07) is 5.95. The minimum Gasteiger partial charge on any atom is -0.480 e. The first-order valence-corrected chi connectivity index (χ1v) is 7.84. The number of carbonyl (C=O) groups is 2. The number of rotatable bonds is 7. The number of carboxylic acids is 1. The molecule has 1 amide bonds. The Labute approximate surface area is 143 Å². The number of tetrazole rings is 1. The molecule has 0 aliphatic carbocycles. The lowest BCUT2D eigenvalue weighted by Crippen LogP contribution is -2.46. The molecule has 2 rings (SSSR count). The van der Waals surface area contributed by atoms with E-state index in [1.165, 1.54) is 0 Å². The number of amides is 1. The highest BCUT2D eigenvalue weighted by Crippen LogP contribution is 2.16. The molecule has 0 aliphatic rings. The quantitative estimate of drug-likeness (QED) is 0.784. The molecular weight excluding hydrogens is 334 g/mol. The van der Waals surface area contributed by atoms with Crippen molar-refractivity contribution in [2.45, 2.75) is 32.9 Å². The second-order valence-electron chi connectivity index (χ2n) is 5.42. The van der Waals surface area contributed by atoms with E-state index in [4.69, 9.17) is 11.6 Å². The molecule has 0 bridgehead atoms. The lowest BCUT2D eigenvalue weighted by molar-refractivity contribution is -0.143. The molecule has 0 saturated carbocycles. The van der Waals surface area contributed by atoms with E-state index in [0.717, 1.165) is 4.80 Å². The van der Waals surface area contributed by atoms with Gasteiger partial charge >= 0.3 is 5.97 Å². The Kier molecular flexibility index (Phi) is 5.86. The molecule has 0 radical (unpaired) electrons. The molecule has 1 aromatic carbocycles. The van der Waals surface area contributed by atoms with Crippen LogP contribution in [-0.4, -0.2) is 43.2 Å². The highest BCUT2D eigenvalue weighted by molar-refractivity contribution is 6.30. The van der Waals surface area contributed by atoms with Crippen LogP contribution in [0, 0.1) is 5.92 Å². The summed E-state index contributed by atoms with van der Waals surface area (Å²) in [7, 11) is 0. The van der Waals surface area contributed by atoms with Gasteiger partial charge in [0.2, 0.25) is 11.7 Å². The summed E-state index contributed by atoms with van der Waals surface area (Å²) in [5.74, 6) is -1.37. The van der Waals surface area contributed by atoms with Crippen molar-refractivity contribution in [2.75, 3.05) is 0 Å². The molecule has 0 saturated heterocycles. The molecular formula is C15H18ClN5O3. The van der Waals surface area contributed by atoms with Crippen molar-refractivity contribution >= 4 is 23.5 Å². The van der Waals surface area contributed by atoms with Crippen molar-refractivity contribution in [1.82, 2.24) is 25.5 Å². The first-order valence-electron chi connectivity index (χ1n) is 7.46. The molecule has 0 aliphatic heterocycles. The lowest BCUT2D eigenvalue weighted by atomic mass is 9.99. The van der Waals surface area contributed by atoms with Gasteiger partial charge < -0.3 is 10.4 Å². The number of aromatic nitrogens is 4. The third-order valence-electron chi connectivity index (χ3n) is 3.64. The van der Waals surface area contributed by atoms with Gasteiger partial charge in [-0.2, -0.15) is 4.80 Å². The van der Waals surface area contributed by atoms with Crippen LogP contribution in [0.1, 0.15) is 20.3 Å². The maximum absolute atomic E-state index is 12.0. The minimum absolute atomic E-state index is 0.181. The Morgan fingerprint density at radius 2 is 2.00 bits per heavy atom. The van der Waals surface area contributed by atoms with Crippen LogP contribution < -0.4 is 5.32 Å². The number of aliphatic carboxylic acids is 1. The third-order valence-corrected chi connectivity index (χ3v) is 3.89. The summed E-state index contributed by atoms with van der Waals surface area (Å²) < 4.78 is 0. The number of hydrogen-bond acceptors (Lipinski definition) is 5. The molecule has 0 fully saturated rings. The summed E-state index contributed by atoms with van der Waals surface area (Å²) in [5, 5.41) is 24.1. The number of benzene rings is 1. The Morgan fingerprint density at radius 3 is 2.58 bits per heavy atom. The average Bonchev–Trinajstić information content (AvgIpc) is 3.00. The first-order chi connectivity index (χ1) is 11.4. The zero-order valence-electron chi connectivity index (χ0n) is 13.3. The molecule has 2 atom stereocenters. The number of carbonyl (C=O) groups excluding carboxylic acids is 1. The fourth-order valence-electron chi connectivity index (χ4n) is 2.06. The number of carboxylic acid groups (broad SMARTS) is 1. The van der Waals surface area contributed by atoms with E-state index in [9.17, 15) is 14.7 Å². The predicted molar refractivity (Wildman–Crippen MR) is 87.3 cm³/mol. The van der Waals surface area contributed by atoms with Crippen LogP contribution in [0.5, 0.6) is 0 Å². The van der Waals surface area contributed by atoms with Gasteiger partial charge in [-0.3, -0.25) is 4.79 Å². The standard InChI is InChI=1S/C15H18ClN5O3/c1-3-9(2)13(15(23)24)17-12(22)8-21-19-14(18-20-21)10-4-6-11(16)7-5-10/h4-7,9,13H,3,8H2,1-2H3,(H,17,22)(H,23,24)/t9-,13-/m0/s1. The monoisotopic (exact) mass is 351 g/mol. The van der Waals surface area contributed by atoms with E-state index in [1.54, 1.807) is 31.2 Å². The van der Waals surface area contributed by atoms with E-state index >= 15 is 0 Å². The van der Waals surface area contributed by atoms with Crippen molar-refractivity contribution in [1.29, 1.82) is 0 Å². The molecule has 0 unspecified atom stereocenters. The van der Waals surface area contributed by atoms with Gasteiger partial charge in [0, 0.05) is 10.6 Å².